The molecule has 0 spiro atoms. The molecule has 2 nitrogen and oxygen atoms in total. The molecule has 1 N–H and O–H groups in total. The Morgan fingerprint density at radius 3 is 2.58 bits per heavy atom. The van der Waals surface area contributed by atoms with Crippen LogP contribution in [0, 0.1) is 0 Å². The van der Waals surface area contributed by atoms with Crippen molar-refractivity contribution >= 4 is 17.4 Å². The molecule has 98 valence electrons. The van der Waals surface area contributed by atoms with Gasteiger partial charge in [-0.05, 0) is 36.1 Å². The number of hydrogen-bond acceptors (Lipinski definition) is 2. The number of aliphatic hydroxyl groups excluding tert-OH is 1. The molecule has 0 aliphatic carbocycles. The fraction of sp³-hybridized carbons (Fsp3) is 0.188. The predicted octanol–water partition coefficient (Wildman–Crippen LogP) is 3.30. The standard InChI is InChI=1S/C16H15ClO2/c17-14-6-3-4-12(10-14)8-9-13-5-1-2-7-15(13)16(19)11-18/h1-7,10,18H,8-9,11H2. The lowest BCUT2D eigenvalue weighted by atomic mass is 9.98. The fourth-order valence-corrected chi connectivity index (χ4v) is 2.28. The monoisotopic (exact) mass is 274 g/mol. The van der Waals surface area contributed by atoms with Crippen molar-refractivity contribution in [2.24, 2.45) is 0 Å². The van der Waals surface area contributed by atoms with E-state index in [4.69, 9.17) is 16.7 Å². The molecule has 2 aromatic rings. The Labute approximate surface area is 117 Å². The maximum absolute atomic E-state index is 11.6. The van der Waals surface area contributed by atoms with Crippen LogP contribution in [0.2, 0.25) is 5.02 Å². The molecule has 0 amide bonds. The number of halogens is 1. The van der Waals surface area contributed by atoms with E-state index in [1.54, 1.807) is 6.07 Å². The molecule has 0 heterocycles. The number of carbonyl (C=O) groups excluding carboxylic acids is 1. The van der Waals surface area contributed by atoms with Crippen LogP contribution in [0.5, 0.6) is 0 Å². The molecule has 19 heavy (non-hydrogen) atoms. The summed E-state index contributed by atoms with van der Waals surface area (Å²) in [5.74, 6) is -0.235. The average Bonchev–Trinajstić information content (AvgIpc) is 2.45. The predicted molar refractivity (Wildman–Crippen MR) is 76.7 cm³/mol. The van der Waals surface area contributed by atoms with E-state index in [1.165, 1.54) is 0 Å². The van der Waals surface area contributed by atoms with E-state index in [9.17, 15) is 4.79 Å². The van der Waals surface area contributed by atoms with Gasteiger partial charge in [0.25, 0.3) is 0 Å². The SMILES string of the molecule is O=C(CO)c1ccccc1CCc1cccc(Cl)c1. The molecule has 2 aromatic carbocycles. The van der Waals surface area contributed by atoms with E-state index in [0.29, 0.717) is 5.56 Å². The summed E-state index contributed by atoms with van der Waals surface area (Å²) in [4.78, 5) is 11.6. The summed E-state index contributed by atoms with van der Waals surface area (Å²) in [6.45, 7) is -0.450. The van der Waals surface area contributed by atoms with Gasteiger partial charge in [-0.25, -0.2) is 0 Å². The topological polar surface area (TPSA) is 37.3 Å². The third-order valence-corrected chi connectivity index (χ3v) is 3.27. The van der Waals surface area contributed by atoms with Crippen LogP contribution in [0.25, 0.3) is 0 Å². The second kappa shape index (κ2) is 6.50. The van der Waals surface area contributed by atoms with Crippen molar-refractivity contribution in [2.45, 2.75) is 12.8 Å². The number of carbonyl (C=O) groups is 1. The van der Waals surface area contributed by atoms with Gasteiger partial charge in [0.2, 0.25) is 0 Å². The molecule has 0 saturated heterocycles. The van der Waals surface area contributed by atoms with Crippen molar-refractivity contribution in [1.82, 2.24) is 0 Å². The van der Waals surface area contributed by atoms with Gasteiger partial charge < -0.3 is 5.11 Å². The zero-order chi connectivity index (χ0) is 13.7. The zero-order valence-electron chi connectivity index (χ0n) is 10.5. The minimum absolute atomic E-state index is 0.235. The largest absolute Gasteiger partial charge is 0.388 e. The van der Waals surface area contributed by atoms with E-state index in [0.717, 1.165) is 29.0 Å². The van der Waals surface area contributed by atoms with Gasteiger partial charge in [-0.1, -0.05) is 48.0 Å². The number of aryl methyl sites for hydroxylation is 2. The van der Waals surface area contributed by atoms with Crippen LogP contribution in [-0.2, 0) is 12.8 Å². The third-order valence-electron chi connectivity index (χ3n) is 3.03. The summed E-state index contributed by atoms with van der Waals surface area (Å²) in [5, 5.41) is 9.69. The van der Waals surface area contributed by atoms with Crippen LogP contribution in [0.15, 0.2) is 48.5 Å². The number of benzene rings is 2. The van der Waals surface area contributed by atoms with E-state index in [-0.39, 0.29) is 5.78 Å². The lowest BCUT2D eigenvalue weighted by molar-refractivity contribution is 0.0903. The molecule has 0 bridgehead atoms. The number of aliphatic hydroxyl groups is 1. The maximum atomic E-state index is 11.6. The quantitative estimate of drug-likeness (QED) is 0.850. The molecular formula is C16H15ClO2. The fourth-order valence-electron chi connectivity index (χ4n) is 2.07. The normalized spacial score (nSPS) is 10.4. The minimum atomic E-state index is -0.450. The van der Waals surface area contributed by atoms with Crippen molar-refractivity contribution in [2.75, 3.05) is 6.61 Å². The van der Waals surface area contributed by atoms with Gasteiger partial charge in [-0.3, -0.25) is 4.79 Å². The minimum Gasteiger partial charge on any atom is -0.388 e. The van der Waals surface area contributed by atoms with Crippen molar-refractivity contribution in [3.8, 4) is 0 Å². The first-order valence-corrected chi connectivity index (χ1v) is 6.55. The molecule has 0 aromatic heterocycles. The Morgan fingerprint density at radius 2 is 1.84 bits per heavy atom. The van der Waals surface area contributed by atoms with Crippen LogP contribution >= 0.6 is 11.6 Å². The van der Waals surface area contributed by atoms with E-state index in [1.807, 2.05) is 42.5 Å². The summed E-state index contributed by atoms with van der Waals surface area (Å²) >= 11 is 5.94. The van der Waals surface area contributed by atoms with Crippen LogP contribution in [0.3, 0.4) is 0 Å². The van der Waals surface area contributed by atoms with Crippen molar-refractivity contribution in [1.29, 1.82) is 0 Å². The Morgan fingerprint density at radius 1 is 1.05 bits per heavy atom. The lowest BCUT2D eigenvalue weighted by Crippen LogP contribution is -2.08. The summed E-state index contributed by atoms with van der Waals surface area (Å²) in [5.41, 5.74) is 2.70. The first-order valence-electron chi connectivity index (χ1n) is 6.17. The Balaban J connectivity index is 2.13. The number of Topliss-reactive ketones (excluding diaryl/α,β-unsaturated/α-hetero) is 1. The second-order valence-electron chi connectivity index (χ2n) is 4.37. The molecule has 0 aliphatic heterocycles. The van der Waals surface area contributed by atoms with E-state index in [2.05, 4.69) is 0 Å². The lowest BCUT2D eigenvalue weighted by Gasteiger charge is -2.07. The highest BCUT2D eigenvalue weighted by atomic mass is 35.5. The van der Waals surface area contributed by atoms with Gasteiger partial charge in [0, 0.05) is 10.6 Å². The van der Waals surface area contributed by atoms with Crippen LogP contribution in [0.4, 0.5) is 0 Å². The second-order valence-corrected chi connectivity index (χ2v) is 4.80. The van der Waals surface area contributed by atoms with Crippen LogP contribution < -0.4 is 0 Å². The van der Waals surface area contributed by atoms with Crippen molar-refractivity contribution in [3.63, 3.8) is 0 Å². The summed E-state index contributed by atoms with van der Waals surface area (Å²) < 4.78 is 0. The molecular weight excluding hydrogens is 260 g/mol. The first-order chi connectivity index (χ1) is 9.20. The highest BCUT2D eigenvalue weighted by molar-refractivity contribution is 6.30. The van der Waals surface area contributed by atoms with E-state index >= 15 is 0 Å². The molecule has 3 heteroatoms. The Bertz CT molecular complexity index is 578. The number of rotatable bonds is 5. The van der Waals surface area contributed by atoms with Gasteiger partial charge in [0.1, 0.15) is 6.61 Å². The van der Waals surface area contributed by atoms with Gasteiger partial charge in [-0.2, -0.15) is 0 Å². The number of ketones is 1. The summed E-state index contributed by atoms with van der Waals surface area (Å²) in [6.07, 6.45) is 1.57. The maximum Gasteiger partial charge on any atom is 0.188 e. The summed E-state index contributed by atoms with van der Waals surface area (Å²) in [7, 11) is 0. The van der Waals surface area contributed by atoms with Crippen molar-refractivity contribution < 1.29 is 9.90 Å². The Kier molecular flexibility index (Phi) is 4.72. The molecule has 0 fully saturated rings. The third kappa shape index (κ3) is 3.66. The van der Waals surface area contributed by atoms with Crippen LogP contribution in [-0.4, -0.2) is 17.5 Å². The number of hydrogen-bond donors (Lipinski definition) is 1. The molecule has 0 atom stereocenters. The molecule has 0 unspecified atom stereocenters. The highest BCUT2D eigenvalue weighted by Gasteiger charge is 2.09. The van der Waals surface area contributed by atoms with Gasteiger partial charge >= 0.3 is 0 Å². The van der Waals surface area contributed by atoms with E-state index < -0.39 is 6.61 Å². The van der Waals surface area contributed by atoms with Gasteiger partial charge in [0.15, 0.2) is 5.78 Å². The van der Waals surface area contributed by atoms with Gasteiger partial charge in [-0.15, -0.1) is 0 Å². The molecule has 0 saturated carbocycles. The van der Waals surface area contributed by atoms with Crippen molar-refractivity contribution in [3.05, 3.63) is 70.2 Å². The molecule has 2 rings (SSSR count). The van der Waals surface area contributed by atoms with Gasteiger partial charge in [0.05, 0.1) is 0 Å². The Hall–Kier alpha value is -1.64. The first kappa shape index (κ1) is 13.8. The average molecular weight is 275 g/mol. The highest BCUT2D eigenvalue weighted by Crippen LogP contribution is 2.16. The summed E-state index contributed by atoms with van der Waals surface area (Å²) in [6, 6.07) is 15.1. The smallest absolute Gasteiger partial charge is 0.188 e. The van der Waals surface area contributed by atoms with Crippen LogP contribution in [0.1, 0.15) is 21.5 Å². The zero-order valence-corrected chi connectivity index (χ0v) is 11.2. The molecule has 0 radical (unpaired) electrons. The molecule has 0 aliphatic rings.